The van der Waals surface area contributed by atoms with Crippen LogP contribution in [-0.4, -0.2) is 22.2 Å². The van der Waals surface area contributed by atoms with Crippen molar-refractivity contribution in [3.05, 3.63) is 89.2 Å². The highest BCUT2D eigenvalue weighted by Crippen LogP contribution is 2.32. The number of amides is 2. The molecule has 1 aliphatic rings. The Morgan fingerprint density at radius 2 is 1.64 bits per heavy atom. The standard InChI is InChI=1S/C22H19N3O3/c23-21(27)15-8-4-5-9-17(15)24-22(28)16-12-13-25-18(16)10-11-19(25)20(26)14-6-2-1-3-7-14/h1-11,16H,12-13H2,(H2,23,27)(H,24,28)/t16-/m0/s1. The third-order valence-corrected chi connectivity index (χ3v) is 5.05. The van der Waals surface area contributed by atoms with Crippen LogP contribution >= 0.6 is 0 Å². The molecule has 28 heavy (non-hydrogen) atoms. The van der Waals surface area contributed by atoms with Crippen LogP contribution in [0.15, 0.2) is 66.7 Å². The number of carbonyl (C=O) groups excluding carboxylic acids is 3. The number of fused-ring (bicyclic) bond motifs is 1. The summed E-state index contributed by atoms with van der Waals surface area (Å²) in [5, 5.41) is 2.81. The van der Waals surface area contributed by atoms with Gasteiger partial charge in [0.1, 0.15) is 0 Å². The Morgan fingerprint density at radius 3 is 2.39 bits per heavy atom. The van der Waals surface area contributed by atoms with Gasteiger partial charge in [-0.05, 0) is 30.7 Å². The van der Waals surface area contributed by atoms with Gasteiger partial charge in [0.25, 0.3) is 5.91 Å². The predicted molar refractivity (Wildman–Crippen MR) is 105 cm³/mol. The number of hydrogen-bond donors (Lipinski definition) is 2. The second-order valence-electron chi connectivity index (χ2n) is 6.73. The Labute approximate surface area is 162 Å². The molecule has 0 radical (unpaired) electrons. The smallest absolute Gasteiger partial charge is 0.250 e. The maximum atomic E-state index is 12.8. The minimum atomic E-state index is -0.596. The first-order chi connectivity index (χ1) is 13.6. The molecule has 3 N–H and O–H groups in total. The van der Waals surface area contributed by atoms with E-state index in [2.05, 4.69) is 5.32 Å². The van der Waals surface area contributed by atoms with Crippen LogP contribution in [-0.2, 0) is 11.3 Å². The van der Waals surface area contributed by atoms with Gasteiger partial charge in [-0.25, -0.2) is 0 Å². The molecular formula is C22H19N3O3. The largest absolute Gasteiger partial charge is 0.366 e. The number of benzene rings is 2. The number of aromatic nitrogens is 1. The lowest BCUT2D eigenvalue weighted by Gasteiger charge is -2.13. The molecule has 0 bridgehead atoms. The van der Waals surface area contributed by atoms with Gasteiger partial charge < -0.3 is 15.6 Å². The van der Waals surface area contributed by atoms with E-state index in [1.165, 1.54) is 0 Å². The molecule has 1 aromatic heterocycles. The van der Waals surface area contributed by atoms with Crippen LogP contribution in [0, 0.1) is 0 Å². The number of nitrogens with zero attached hydrogens (tertiary/aromatic N) is 1. The second-order valence-corrected chi connectivity index (χ2v) is 6.73. The van der Waals surface area contributed by atoms with Gasteiger partial charge >= 0.3 is 0 Å². The van der Waals surface area contributed by atoms with E-state index in [0.717, 1.165) is 5.69 Å². The molecule has 6 nitrogen and oxygen atoms in total. The minimum absolute atomic E-state index is 0.0630. The summed E-state index contributed by atoms with van der Waals surface area (Å²) in [5.41, 5.74) is 8.04. The van der Waals surface area contributed by atoms with Gasteiger partial charge in [0.2, 0.25) is 11.7 Å². The van der Waals surface area contributed by atoms with Crippen molar-refractivity contribution in [2.45, 2.75) is 18.9 Å². The van der Waals surface area contributed by atoms with Crippen molar-refractivity contribution >= 4 is 23.3 Å². The first-order valence-electron chi connectivity index (χ1n) is 9.05. The molecule has 4 rings (SSSR count). The van der Waals surface area contributed by atoms with E-state index in [1.54, 1.807) is 42.5 Å². The normalized spacial score (nSPS) is 15.1. The second kappa shape index (κ2) is 7.15. The number of anilines is 1. The molecule has 6 heteroatoms. The van der Waals surface area contributed by atoms with Gasteiger partial charge in [-0.3, -0.25) is 14.4 Å². The van der Waals surface area contributed by atoms with Gasteiger partial charge in [0.05, 0.1) is 22.9 Å². The molecule has 2 heterocycles. The van der Waals surface area contributed by atoms with Gasteiger partial charge in [-0.15, -0.1) is 0 Å². The maximum Gasteiger partial charge on any atom is 0.250 e. The topological polar surface area (TPSA) is 94.2 Å². The molecule has 0 unspecified atom stereocenters. The molecule has 1 aliphatic heterocycles. The lowest BCUT2D eigenvalue weighted by Crippen LogP contribution is -2.22. The first-order valence-corrected chi connectivity index (χ1v) is 9.05. The molecule has 3 aromatic rings. The van der Waals surface area contributed by atoms with Crippen LogP contribution in [0.5, 0.6) is 0 Å². The number of carbonyl (C=O) groups is 3. The zero-order chi connectivity index (χ0) is 19.7. The molecule has 0 aliphatic carbocycles. The quantitative estimate of drug-likeness (QED) is 0.673. The van der Waals surface area contributed by atoms with Crippen LogP contribution in [0.3, 0.4) is 0 Å². The molecule has 2 aromatic carbocycles. The van der Waals surface area contributed by atoms with E-state index in [1.807, 2.05) is 28.8 Å². The Hall–Kier alpha value is -3.67. The van der Waals surface area contributed by atoms with Crippen molar-refractivity contribution in [3.63, 3.8) is 0 Å². The Morgan fingerprint density at radius 1 is 0.929 bits per heavy atom. The first kappa shape index (κ1) is 17.7. The van der Waals surface area contributed by atoms with Crippen molar-refractivity contribution in [2.75, 3.05) is 5.32 Å². The van der Waals surface area contributed by atoms with Crippen LogP contribution < -0.4 is 11.1 Å². The summed E-state index contributed by atoms with van der Waals surface area (Å²) >= 11 is 0. The number of ketones is 1. The average molecular weight is 373 g/mol. The predicted octanol–water partition coefficient (Wildman–Crippen LogP) is 2.94. The summed E-state index contributed by atoms with van der Waals surface area (Å²) in [4.78, 5) is 37.2. The number of rotatable bonds is 5. The van der Waals surface area contributed by atoms with Crippen LogP contribution in [0.1, 0.15) is 44.4 Å². The SMILES string of the molecule is NC(=O)c1ccccc1NC(=O)[C@H]1CCn2c(C(=O)c3ccccc3)ccc21. The summed E-state index contributed by atoms with van der Waals surface area (Å²) in [7, 11) is 0. The van der Waals surface area contributed by atoms with E-state index < -0.39 is 11.8 Å². The lowest BCUT2D eigenvalue weighted by molar-refractivity contribution is -0.117. The molecule has 1 atom stereocenters. The van der Waals surface area contributed by atoms with E-state index in [4.69, 9.17) is 5.73 Å². The van der Waals surface area contributed by atoms with E-state index in [-0.39, 0.29) is 17.3 Å². The third-order valence-electron chi connectivity index (χ3n) is 5.05. The molecule has 0 saturated heterocycles. The maximum absolute atomic E-state index is 12.8. The van der Waals surface area contributed by atoms with Crippen molar-refractivity contribution < 1.29 is 14.4 Å². The monoisotopic (exact) mass is 373 g/mol. The van der Waals surface area contributed by atoms with Crippen LogP contribution in [0.25, 0.3) is 0 Å². The number of para-hydroxylation sites is 1. The zero-order valence-electron chi connectivity index (χ0n) is 15.1. The molecule has 0 spiro atoms. The zero-order valence-corrected chi connectivity index (χ0v) is 15.1. The van der Waals surface area contributed by atoms with Gasteiger partial charge in [-0.2, -0.15) is 0 Å². The Bertz CT molecular complexity index is 1070. The minimum Gasteiger partial charge on any atom is -0.366 e. The van der Waals surface area contributed by atoms with Crippen molar-refractivity contribution in [2.24, 2.45) is 5.73 Å². The molecule has 0 fully saturated rings. The number of nitrogens with two attached hydrogens (primary N) is 1. The molecular weight excluding hydrogens is 354 g/mol. The van der Waals surface area contributed by atoms with Gasteiger partial charge in [-0.1, -0.05) is 42.5 Å². The fourth-order valence-corrected chi connectivity index (χ4v) is 3.67. The number of primary amides is 1. The van der Waals surface area contributed by atoms with Crippen LogP contribution in [0.4, 0.5) is 5.69 Å². The summed E-state index contributed by atoms with van der Waals surface area (Å²) in [5.74, 6) is -1.27. The van der Waals surface area contributed by atoms with Crippen molar-refractivity contribution in [1.82, 2.24) is 4.57 Å². The Balaban J connectivity index is 1.58. The highest BCUT2D eigenvalue weighted by atomic mass is 16.2. The summed E-state index contributed by atoms with van der Waals surface area (Å²) in [6, 6.07) is 19.3. The lowest BCUT2D eigenvalue weighted by atomic mass is 10.0. The highest BCUT2D eigenvalue weighted by Gasteiger charge is 2.32. The third kappa shape index (κ3) is 3.09. The number of nitrogens with one attached hydrogen (secondary N) is 1. The van der Waals surface area contributed by atoms with Gasteiger partial charge in [0, 0.05) is 17.8 Å². The number of hydrogen-bond acceptors (Lipinski definition) is 3. The summed E-state index contributed by atoms with van der Waals surface area (Å²) in [6.07, 6.45) is 0.593. The van der Waals surface area contributed by atoms with E-state index in [0.29, 0.717) is 29.9 Å². The molecule has 0 saturated carbocycles. The molecule has 140 valence electrons. The van der Waals surface area contributed by atoms with E-state index >= 15 is 0 Å². The molecule has 2 amide bonds. The summed E-state index contributed by atoms with van der Waals surface area (Å²) < 4.78 is 1.90. The fraction of sp³-hybridized carbons (Fsp3) is 0.136. The van der Waals surface area contributed by atoms with Crippen molar-refractivity contribution in [3.8, 4) is 0 Å². The fourth-order valence-electron chi connectivity index (χ4n) is 3.67. The average Bonchev–Trinajstić information content (AvgIpc) is 3.30. The Kier molecular flexibility index (Phi) is 4.53. The summed E-state index contributed by atoms with van der Waals surface area (Å²) in [6.45, 7) is 0.589. The van der Waals surface area contributed by atoms with Crippen molar-refractivity contribution in [1.29, 1.82) is 0 Å². The van der Waals surface area contributed by atoms with Crippen LogP contribution in [0.2, 0.25) is 0 Å². The highest BCUT2D eigenvalue weighted by molar-refractivity contribution is 6.08. The van der Waals surface area contributed by atoms with E-state index in [9.17, 15) is 14.4 Å². The van der Waals surface area contributed by atoms with Gasteiger partial charge in [0.15, 0.2) is 0 Å².